The van der Waals surface area contributed by atoms with Crippen LogP contribution in [0.25, 0.3) is 0 Å². The predicted octanol–water partition coefficient (Wildman–Crippen LogP) is 0.417. The third-order valence-electron chi connectivity index (χ3n) is 0. The van der Waals surface area contributed by atoms with Crippen molar-refractivity contribution >= 4 is 25.7 Å². The van der Waals surface area contributed by atoms with E-state index in [0.29, 0.717) is 0 Å². The van der Waals surface area contributed by atoms with Gasteiger partial charge in [0.1, 0.15) is 0 Å². The summed E-state index contributed by atoms with van der Waals surface area (Å²) in [6.07, 6.45) is 0. The molecular weight excluding hydrogens is 183 g/mol. The van der Waals surface area contributed by atoms with E-state index in [4.69, 9.17) is 25.7 Å². The Bertz CT molecular complexity index is 13.5. The predicted molar refractivity (Wildman–Crippen MR) is 24.8 cm³/mol. The molecule has 0 saturated carbocycles. The fourth-order valence-corrected chi connectivity index (χ4v) is 0. The second-order valence-electron chi connectivity index (χ2n) is 0.247. The summed E-state index contributed by atoms with van der Waals surface area (Å²) in [4.78, 5) is 0. The molecule has 0 aromatic rings. The third-order valence-corrected chi connectivity index (χ3v) is 0. The van der Waals surface area contributed by atoms with Gasteiger partial charge in [0.25, 0.3) is 0 Å². The Balaban J connectivity index is -0.0000000450. The third kappa shape index (κ3) is 44.6. The zero-order valence-corrected chi connectivity index (χ0v) is 6.78. The first kappa shape index (κ1) is 15.6. The van der Waals surface area contributed by atoms with Crippen molar-refractivity contribution in [2.75, 3.05) is 0 Å². The maximum atomic E-state index is 4.99. The van der Waals surface area contributed by atoms with Gasteiger partial charge in [0.15, 0.2) is 0 Å². The van der Waals surface area contributed by atoms with Gasteiger partial charge in [-0.3, -0.25) is 0 Å². The van der Waals surface area contributed by atoms with Crippen molar-refractivity contribution in [2.24, 2.45) is 0 Å². The van der Waals surface area contributed by atoms with Crippen LogP contribution < -0.4 is 0 Å². The first-order valence-corrected chi connectivity index (χ1v) is 8.10. The summed E-state index contributed by atoms with van der Waals surface area (Å²) in [6, 6.07) is 0. The molecular formula is H4Cl3O2Sc. The Hall–Kier alpha value is 1.66. The van der Waals surface area contributed by atoms with E-state index in [1.165, 1.54) is 0 Å². The van der Waals surface area contributed by atoms with E-state index in [1.807, 2.05) is 0 Å². The number of rotatable bonds is 0. The van der Waals surface area contributed by atoms with Gasteiger partial charge >= 0.3 is 43.6 Å². The van der Waals surface area contributed by atoms with Crippen LogP contribution in [-0.2, 0) is 17.9 Å². The molecule has 0 saturated heterocycles. The average molecular weight is 187 g/mol. The van der Waals surface area contributed by atoms with Gasteiger partial charge in [-0.25, -0.2) is 0 Å². The van der Waals surface area contributed by atoms with E-state index in [9.17, 15) is 0 Å². The molecule has 6 heavy (non-hydrogen) atoms. The molecule has 0 amide bonds. The SMILES string of the molecule is O.O.[Cl][Sc]([Cl])[Cl]. The van der Waals surface area contributed by atoms with Crippen LogP contribution in [0, 0.1) is 0 Å². The van der Waals surface area contributed by atoms with Gasteiger partial charge in [0, 0.05) is 0 Å². The van der Waals surface area contributed by atoms with Gasteiger partial charge in [-0.15, -0.1) is 0 Å². The van der Waals surface area contributed by atoms with E-state index in [-0.39, 0.29) is 11.0 Å². The Labute approximate surface area is 54.3 Å². The summed E-state index contributed by atoms with van der Waals surface area (Å²) in [5.74, 6) is 0. The van der Waals surface area contributed by atoms with Crippen LogP contribution in [-0.4, -0.2) is 11.0 Å². The minimum absolute atomic E-state index is 0. The van der Waals surface area contributed by atoms with Crippen molar-refractivity contribution in [1.82, 2.24) is 0 Å². The zero-order chi connectivity index (χ0) is 3.58. The van der Waals surface area contributed by atoms with E-state index in [1.54, 1.807) is 0 Å². The van der Waals surface area contributed by atoms with Gasteiger partial charge in [0.2, 0.25) is 0 Å². The van der Waals surface area contributed by atoms with E-state index in [2.05, 4.69) is 0 Å². The summed E-state index contributed by atoms with van der Waals surface area (Å²) < 4.78 is 0. The molecule has 0 rings (SSSR count). The first-order valence-electron chi connectivity index (χ1n) is 0.655. The molecule has 0 aliphatic carbocycles. The zero-order valence-electron chi connectivity index (χ0n) is 2.71. The summed E-state index contributed by atoms with van der Waals surface area (Å²) >= 11 is -2.06. The standard InChI is InChI=1S/3ClH.2H2O.Sc/h3*1H;2*1H2;/q;;;;;+3/p-3. The minimum atomic E-state index is -2.06. The molecule has 0 aliphatic heterocycles. The van der Waals surface area contributed by atoms with Crippen LogP contribution in [0.5, 0.6) is 0 Å². The van der Waals surface area contributed by atoms with E-state index >= 15 is 0 Å². The molecule has 40 valence electrons. The quantitative estimate of drug-likeness (QED) is 0.527. The van der Waals surface area contributed by atoms with E-state index in [0.717, 1.165) is 0 Å². The fraction of sp³-hybridized carbons (Fsp3) is 0. The number of hydrogen-bond donors (Lipinski definition) is 0. The van der Waals surface area contributed by atoms with Crippen LogP contribution >= 0.6 is 25.7 Å². The van der Waals surface area contributed by atoms with Crippen molar-refractivity contribution < 1.29 is 28.8 Å². The van der Waals surface area contributed by atoms with Crippen LogP contribution in [0.3, 0.4) is 0 Å². The number of hydrogen-bond acceptors (Lipinski definition) is 0. The van der Waals surface area contributed by atoms with Crippen LogP contribution in [0.15, 0.2) is 0 Å². The maximum absolute atomic E-state index is 4.99. The van der Waals surface area contributed by atoms with Crippen molar-refractivity contribution in [2.45, 2.75) is 0 Å². The molecule has 4 N–H and O–H groups in total. The molecule has 0 fully saturated rings. The molecule has 0 aromatic heterocycles. The molecule has 0 aliphatic rings. The van der Waals surface area contributed by atoms with Crippen molar-refractivity contribution in [1.29, 1.82) is 0 Å². The monoisotopic (exact) mass is 186 g/mol. The Morgan fingerprint density at radius 1 is 0.833 bits per heavy atom. The van der Waals surface area contributed by atoms with Gasteiger partial charge < -0.3 is 11.0 Å². The molecule has 0 atom stereocenters. The number of halogens is 3. The summed E-state index contributed by atoms with van der Waals surface area (Å²) in [5, 5.41) is 0. The molecule has 0 heterocycles. The topological polar surface area (TPSA) is 63.0 Å². The summed E-state index contributed by atoms with van der Waals surface area (Å²) in [7, 11) is 15.0. The summed E-state index contributed by atoms with van der Waals surface area (Å²) in [5.41, 5.74) is 0. The van der Waals surface area contributed by atoms with E-state index < -0.39 is 17.9 Å². The van der Waals surface area contributed by atoms with Crippen LogP contribution in [0.2, 0.25) is 0 Å². The first-order chi connectivity index (χ1) is 1.73. The molecule has 0 bridgehead atoms. The van der Waals surface area contributed by atoms with Gasteiger partial charge in [0.05, 0.1) is 0 Å². The molecule has 0 spiro atoms. The van der Waals surface area contributed by atoms with Gasteiger partial charge in [-0.2, -0.15) is 0 Å². The Morgan fingerprint density at radius 3 is 0.833 bits per heavy atom. The normalized spacial score (nSPS) is 4.50. The fourth-order valence-electron chi connectivity index (χ4n) is 0. The van der Waals surface area contributed by atoms with Crippen molar-refractivity contribution in [3.8, 4) is 0 Å². The van der Waals surface area contributed by atoms with Crippen LogP contribution in [0.1, 0.15) is 0 Å². The molecule has 6 heteroatoms. The van der Waals surface area contributed by atoms with Crippen molar-refractivity contribution in [3.05, 3.63) is 0 Å². The van der Waals surface area contributed by atoms with Gasteiger partial charge in [-0.1, -0.05) is 0 Å². The Morgan fingerprint density at radius 2 is 0.833 bits per heavy atom. The van der Waals surface area contributed by atoms with Gasteiger partial charge in [-0.05, 0) is 0 Å². The second kappa shape index (κ2) is 9.83. The summed E-state index contributed by atoms with van der Waals surface area (Å²) in [6.45, 7) is 0. The average Bonchev–Trinajstić information content (AvgIpc) is 0.811. The van der Waals surface area contributed by atoms with Crippen LogP contribution in [0.4, 0.5) is 0 Å². The molecule has 0 unspecified atom stereocenters. The molecule has 0 aromatic carbocycles. The molecule has 0 radical (unpaired) electrons. The second-order valence-corrected chi connectivity index (χ2v) is 9.18. The molecule has 2 nitrogen and oxygen atoms in total. The Kier molecular flexibility index (Phi) is 25.6. The van der Waals surface area contributed by atoms with Crippen molar-refractivity contribution in [3.63, 3.8) is 0 Å².